The van der Waals surface area contributed by atoms with E-state index in [4.69, 9.17) is 4.74 Å². The first-order valence-corrected chi connectivity index (χ1v) is 12.3. The van der Waals surface area contributed by atoms with Crippen LogP contribution >= 0.6 is 11.8 Å². The molecule has 33 heavy (non-hydrogen) atoms. The molecular formula is C27H28N2O3S. The molecule has 4 unspecified atom stereocenters. The van der Waals surface area contributed by atoms with Crippen LogP contribution in [-0.2, 0) is 6.42 Å². The number of hydrogen-bond donors (Lipinski definition) is 0. The lowest BCUT2D eigenvalue weighted by Gasteiger charge is -2.42. The molecule has 2 aliphatic rings. The highest BCUT2D eigenvalue weighted by Crippen LogP contribution is 2.52. The second-order valence-corrected chi connectivity index (χ2v) is 9.98. The average molecular weight is 461 g/mol. The molecule has 2 fully saturated rings. The minimum atomic E-state index is -0.277. The van der Waals surface area contributed by atoms with Crippen LogP contribution in [0.2, 0.25) is 0 Å². The normalized spacial score (nSPS) is 26.8. The van der Waals surface area contributed by atoms with Crippen LogP contribution in [-0.4, -0.2) is 53.6 Å². The van der Waals surface area contributed by atoms with Crippen LogP contribution in [0, 0.1) is 5.21 Å². The third-order valence-corrected chi connectivity index (χ3v) is 8.61. The number of fused-ring (bicyclic) bond motifs is 1. The number of quaternary nitrogens is 1. The van der Waals surface area contributed by atoms with Crippen molar-refractivity contribution >= 4 is 17.5 Å². The summed E-state index contributed by atoms with van der Waals surface area (Å²) >= 11 is 1.88. The summed E-state index contributed by atoms with van der Waals surface area (Å²) in [4.78, 5) is 13.5. The van der Waals surface area contributed by atoms with Crippen LogP contribution in [0.25, 0.3) is 0 Å². The first-order chi connectivity index (χ1) is 16.1. The topological polar surface area (TPSA) is 52.6 Å². The number of methoxy groups -OCH3 is 1. The number of Topliss-reactive ketones (excluding diaryl/α,β-unsaturated/α-hetero) is 1. The number of nitrogens with zero attached hydrogens (tertiary/aromatic N) is 2. The van der Waals surface area contributed by atoms with Gasteiger partial charge in [0.25, 0.3) is 0 Å². The summed E-state index contributed by atoms with van der Waals surface area (Å²) in [7, 11) is 1.62. The molecule has 0 saturated carbocycles. The standard InChI is InChI=1S/C27H28N2O3S/c1-32-23-14-12-21(13-15-23)25(30)18-29-19-33-27(22-10-6-3-7-11-22)24(29)17-28(31)26(29)16-20-8-4-2-5-9-20/h2-15,24,26-27H,16-19H2,1H3. The molecule has 0 amide bonds. The van der Waals surface area contributed by atoms with Crippen LogP contribution in [0.1, 0.15) is 26.7 Å². The molecule has 0 N–H and O–H groups in total. The summed E-state index contributed by atoms with van der Waals surface area (Å²) < 4.78 is 5.75. The van der Waals surface area contributed by atoms with E-state index in [0.29, 0.717) is 29.6 Å². The zero-order chi connectivity index (χ0) is 22.8. The second-order valence-electron chi connectivity index (χ2n) is 8.88. The molecule has 5 rings (SSSR count). The molecule has 4 atom stereocenters. The van der Waals surface area contributed by atoms with Crippen molar-refractivity contribution in [1.29, 1.82) is 0 Å². The van der Waals surface area contributed by atoms with Gasteiger partial charge >= 0.3 is 0 Å². The Balaban J connectivity index is 1.49. The van der Waals surface area contributed by atoms with Gasteiger partial charge in [0, 0.05) is 18.5 Å². The van der Waals surface area contributed by atoms with Gasteiger partial charge in [-0.25, -0.2) is 0 Å². The number of carbonyl (C=O) groups excluding carboxylic acids is 1. The number of hydrogen-bond acceptors (Lipinski definition) is 5. The number of ether oxygens (including phenoxy) is 1. The van der Waals surface area contributed by atoms with E-state index in [0.717, 1.165) is 17.2 Å². The van der Waals surface area contributed by atoms with Crippen molar-refractivity contribution in [3.63, 3.8) is 0 Å². The molecule has 0 bridgehead atoms. The SMILES string of the molecule is COc1ccc(C(=O)C[N+]23CSC(c4ccccc4)C2CN([O-])C3Cc2ccccc2)cc1. The predicted octanol–water partition coefficient (Wildman–Crippen LogP) is 4.89. The molecule has 0 spiro atoms. The largest absolute Gasteiger partial charge is 0.781 e. The molecule has 0 radical (unpaired) electrons. The molecule has 2 aliphatic heterocycles. The van der Waals surface area contributed by atoms with E-state index in [1.165, 1.54) is 10.6 Å². The van der Waals surface area contributed by atoms with Crippen molar-refractivity contribution in [3.05, 3.63) is 107 Å². The first kappa shape index (κ1) is 22.2. The number of hydroxylamine groups is 2. The van der Waals surface area contributed by atoms with Gasteiger partial charge < -0.3 is 15.0 Å². The predicted molar refractivity (Wildman–Crippen MR) is 132 cm³/mol. The Morgan fingerprint density at radius 1 is 1.03 bits per heavy atom. The third-order valence-electron chi connectivity index (χ3n) is 7.04. The maximum absolute atomic E-state index is 13.5. The quantitative estimate of drug-likeness (QED) is 0.371. The Bertz CT molecular complexity index is 1090. The Morgan fingerprint density at radius 2 is 1.70 bits per heavy atom. The fraction of sp³-hybridized carbons (Fsp3) is 0.296. The lowest BCUT2D eigenvalue weighted by molar-refractivity contribution is -0.941. The molecule has 3 aromatic carbocycles. The zero-order valence-corrected chi connectivity index (χ0v) is 19.5. The van der Waals surface area contributed by atoms with Crippen LogP contribution in [0.4, 0.5) is 0 Å². The number of thioether (sulfide) groups is 1. The summed E-state index contributed by atoms with van der Waals surface area (Å²) in [6.07, 6.45) is 0.361. The highest BCUT2D eigenvalue weighted by atomic mass is 32.2. The second kappa shape index (κ2) is 9.31. The Kier molecular flexibility index (Phi) is 6.25. The first-order valence-electron chi connectivity index (χ1n) is 11.3. The molecule has 170 valence electrons. The number of ketones is 1. The lowest BCUT2D eigenvalue weighted by atomic mass is 10.0. The number of benzene rings is 3. The number of carbonyl (C=O) groups is 1. The summed E-state index contributed by atoms with van der Waals surface area (Å²) in [5.74, 6) is 1.55. The molecule has 2 heterocycles. The third kappa shape index (κ3) is 4.20. The van der Waals surface area contributed by atoms with Gasteiger partial charge in [-0.15, -0.1) is 0 Å². The van der Waals surface area contributed by atoms with E-state index in [1.807, 2.05) is 60.3 Å². The highest BCUT2D eigenvalue weighted by molar-refractivity contribution is 7.99. The Morgan fingerprint density at radius 3 is 2.36 bits per heavy atom. The summed E-state index contributed by atoms with van der Waals surface area (Å²) in [5, 5.41) is 14.8. The molecular weight excluding hydrogens is 432 g/mol. The summed E-state index contributed by atoms with van der Waals surface area (Å²) in [6.45, 7) is 0.767. The molecule has 6 heteroatoms. The highest BCUT2D eigenvalue weighted by Gasteiger charge is 2.59. The van der Waals surface area contributed by atoms with E-state index < -0.39 is 0 Å². The van der Waals surface area contributed by atoms with Gasteiger partial charge in [0.05, 0.1) is 12.4 Å². The zero-order valence-electron chi connectivity index (χ0n) is 18.7. The maximum Gasteiger partial charge on any atom is 0.217 e. The fourth-order valence-electron chi connectivity index (χ4n) is 5.30. The van der Waals surface area contributed by atoms with Gasteiger partial charge in [0.1, 0.15) is 30.4 Å². The van der Waals surface area contributed by atoms with Crippen LogP contribution in [0.3, 0.4) is 0 Å². The van der Waals surface area contributed by atoms with Crippen LogP contribution < -0.4 is 4.74 Å². The smallest absolute Gasteiger partial charge is 0.217 e. The molecule has 0 aromatic heterocycles. The van der Waals surface area contributed by atoms with Crippen LogP contribution in [0.5, 0.6) is 5.75 Å². The van der Waals surface area contributed by atoms with E-state index in [9.17, 15) is 10.0 Å². The van der Waals surface area contributed by atoms with Crippen molar-refractivity contribution in [2.24, 2.45) is 0 Å². The average Bonchev–Trinajstić information content (AvgIpc) is 3.33. The molecule has 0 aliphatic carbocycles. The molecule has 5 nitrogen and oxygen atoms in total. The molecule has 3 aromatic rings. The van der Waals surface area contributed by atoms with Gasteiger partial charge in [-0.05, 0) is 35.4 Å². The minimum absolute atomic E-state index is 0.0744. The van der Waals surface area contributed by atoms with E-state index in [-0.39, 0.29) is 23.2 Å². The van der Waals surface area contributed by atoms with Gasteiger partial charge in [0.2, 0.25) is 5.78 Å². The summed E-state index contributed by atoms with van der Waals surface area (Å²) in [5.41, 5.74) is 3.03. The van der Waals surface area contributed by atoms with Crippen molar-refractivity contribution in [1.82, 2.24) is 5.06 Å². The van der Waals surface area contributed by atoms with Crippen molar-refractivity contribution < 1.29 is 14.0 Å². The minimum Gasteiger partial charge on any atom is -0.781 e. The Labute approximate surface area is 199 Å². The van der Waals surface area contributed by atoms with Crippen molar-refractivity contribution in [2.45, 2.75) is 23.9 Å². The fourth-order valence-corrected chi connectivity index (χ4v) is 7.09. The van der Waals surface area contributed by atoms with E-state index in [2.05, 4.69) is 36.4 Å². The van der Waals surface area contributed by atoms with Crippen molar-refractivity contribution in [2.75, 3.05) is 26.1 Å². The monoisotopic (exact) mass is 460 g/mol. The lowest BCUT2D eigenvalue weighted by Crippen LogP contribution is -2.59. The van der Waals surface area contributed by atoms with Crippen LogP contribution in [0.15, 0.2) is 84.9 Å². The number of rotatable bonds is 7. The molecule has 2 saturated heterocycles. The van der Waals surface area contributed by atoms with E-state index >= 15 is 0 Å². The van der Waals surface area contributed by atoms with Gasteiger partial charge in [0.15, 0.2) is 0 Å². The van der Waals surface area contributed by atoms with Gasteiger partial charge in [-0.1, -0.05) is 72.4 Å². The van der Waals surface area contributed by atoms with Gasteiger partial charge in [-0.2, -0.15) is 0 Å². The van der Waals surface area contributed by atoms with Gasteiger partial charge in [-0.3, -0.25) is 9.28 Å². The maximum atomic E-state index is 13.5. The van der Waals surface area contributed by atoms with Crippen molar-refractivity contribution in [3.8, 4) is 5.75 Å². The summed E-state index contributed by atoms with van der Waals surface area (Å²) in [6, 6.07) is 27.9. The Hall–Kier alpha value is -2.64. The van der Waals surface area contributed by atoms with E-state index in [1.54, 1.807) is 7.11 Å².